The molecule has 0 radical (unpaired) electrons. The van der Waals surface area contributed by atoms with E-state index >= 15 is 0 Å². The van der Waals surface area contributed by atoms with E-state index in [0.717, 1.165) is 0 Å². The predicted octanol–water partition coefficient (Wildman–Crippen LogP) is 1.47. The molecule has 78 valence electrons. The van der Waals surface area contributed by atoms with Gasteiger partial charge in [-0.1, -0.05) is 6.07 Å². The van der Waals surface area contributed by atoms with E-state index in [-0.39, 0.29) is 6.10 Å². The quantitative estimate of drug-likeness (QED) is 0.774. The second-order valence-corrected chi connectivity index (χ2v) is 2.99. The zero-order chi connectivity index (χ0) is 10.4. The van der Waals surface area contributed by atoms with Crippen LogP contribution in [-0.2, 0) is 4.74 Å². The van der Waals surface area contributed by atoms with Crippen LogP contribution in [-0.4, -0.2) is 24.3 Å². The largest absolute Gasteiger partial charge is 0.472 e. The molecule has 1 atom stereocenters. The number of aromatic nitrogens is 1. The molecule has 14 heavy (non-hydrogen) atoms. The van der Waals surface area contributed by atoms with Crippen LogP contribution in [0.3, 0.4) is 0 Å². The Labute approximate surface area is 84.0 Å². The van der Waals surface area contributed by atoms with Crippen molar-refractivity contribution < 1.29 is 9.47 Å². The van der Waals surface area contributed by atoms with E-state index in [1.807, 2.05) is 19.9 Å². The summed E-state index contributed by atoms with van der Waals surface area (Å²) < 4.78 is 10.7. The van der Waals surface area contributed by atoms with Crippen molar-refractivity contribution >= 4 is 5.82 Å². The maximum absolute atomic E-state index is 5.51. The fourth-order valence-electron chi connectivity index (χ4n) is 1.02. The lowest BCUT2D eigenvalue weighted by Crippen LogP contribution is -2.19. The molecule has 0 aromatic carbocycles. The molecule has 0 fully saturated rings. The summed E-state index contributed by atoms with van der Waals surface area (Å²) in [6.45, 7) is 5.14. The van der Waals surface area contributed by atoms with Gasteiger partial charge in [0.25, 0.3) is 0 Å². The van der Waals surface area contributed by atoms with Gasteiger partial charge in [-0.05, 0) is 19.9 Å². The Morgan fingerprint density at radius 2 is 2.29 bits per heavy atom. The van der Waals surface area contributed by atoms with Crippen LogP contribution >= 0.6 is 0 Å². The second kappa shape index (κ2) is 5.44. The minimum absolute atomic E-state index is 0.00995. The van der Waals surface area contributed by atoms with Crippen LogP contribution in [0, 0.1) is 0 Å². The average molecular weight is 196 g/mol. The van der Waals surface area contributed by atoms with Crippen LogP contribution in [0.5, 0.6) is 5.88 Å². The third-order valence-electron chi connectivity index (χ3n) is 1.62. The highest BCUT2D eigenvalue weighted by atomic mass is 16.5. The highest BCUT2D eigenvalue weighted by Crippen LogP contribution is 2.10. The van der Waals surface area contributed by atoms with Gasteiger partial charge >= 0.3 is 0 Å². The summed E-state index contributed by atoms with van der Waals surface area (Å²) in [6.07, 6.45) is -0.00995. The first kappa shape index (κ1) is 10.8. The second-order valence-electron chi connectivity index (χ2n) is 2.99. The molecular formula is C10H16N2O2. The summed E-state index contributed by atoms with van der Waals surface area (Å²) in [5.74, 6) is 1.00. The number of pyridine rings is 1. The van der Waals surface area contributed by atoms with Crippen molar-refractivity contribution in [1.29, 1.82) is 0 Å². The summed E-state index contributed by atoms with van der Waals surface area (Å²) in [6, 6.07) is 5.31. The van der Waals surface area contributed by atoms with Crippen molar-refractivity contribution in [2.45, 2.75) is 20.0 Å². The van der Waals surface area contributed by atoms with Gasteiger partial charge in [-0.3, -0.25) is 0 Å². The van der Waals surface area contributed by atoms with E-state index in [1.54, 1.807) is 12.1 Å². The Bertz CT molecular complexity index is 279. The molecule has 4 heteroatoms. The zero-order valence-corrected chi connectivity index (χ0v) is 8.56. The van der Waals surface area contributed by atoms with Gasteiger partial charge in [0.2, 0.25) is 5.88 Å². The lowest BCUT2D eigenvalue weighted by Gasteiger charge is -2.13. The lowest BCUT2D eigenvalue weighted by atomic mass is 10.4. The van der Waals surface area contributed by atoms with Crippen LogP contribution in [0.4, 0.5) is 5.82 Å². The van der Waals surface area contributed by atoms with Crippen molar-refractivity contribution in [2.24, 2.45) is 0 Å². The van der Waals surface area contributed by atoms with E-state index in [4.69, 9.17) is 15.2 Å². The Hall–Kier alpha value is -1.29. The minimum atomic E-state index is -0.00995. The number of anilines is 1. The summed E-state index contributed by atoms with van der Waals surface area (Å²) in [5.41, 5.74) is 5.51. The van der Waals surface area contributed by atoms with Gasteiger partial charge in [0.05, 0.1) is 6.61 Å². The van der Waals surface area contributed by atoms with Crippen LogP contribution in [0.2, 0.25) is 0 Å². The van der Waals surface area contributed by atoms with Crippen LogP contribution in [0.15, 0.2) is 18.2 Å². The summed E-state index contributed by atoms with van der Waals surface area (Å²) >= 11 is 0. The predicted molar refractivity (Wildman–Crippen MR) is 55.2 cm³/mol. The Balaban J connectivity index is 2.43. The normalized spacial score (nSPS) is 12.4. The Morgan fingerprint density at radius 3 is 2.93 bits per heavy atom. The monoisotopic (exact) mass is 196 g/mol. The molecule has 0 aliphatic rings. The highest BCUT2D eigenvalue weighted by Gasteiger charge is 2.04. The van der Waals surface area contributed by atoms with Gasteiger partial charge in [0, 0.05) is 12.7 Å². The van der Waals surface area contributed by atoms with Crippen LogP contribution in [0.1, 0.15) is 13.8 Å². The fraction of sp³-hybridized carbons (Fsp3) is 0.500. The lowest BCUT2D eigenvalue weighted by molar-refractivity contribution is 0.0634. The zero-order valence-electron chi connectivity index (χ0n) is 8.56. The molecule has 0 aliphatic carbocycles. The molecule has 0 saturated heterocycles. The van der Waals surface area contributed by atoms with Gasteiger partial charge in [-0.15, -0.1) is 0 Å². The number of nitrogen functional groups attached to an aromatic ring is 1. The van der Waals surface area contributed by atoms with Gasteiger partial charge in [0.15, 0.2) is 0 Å². The van der Waals surface area contributed by atoms with E-state index in [1.165, 1.54) is 0 Å². The molecule has 0 bridgehead atoms. The van der Waals surface area contributed by atoms with Crippen molar-refractivity contribution in [1.82, 2.24) is 4.98 Å². The average Bonchev–Trinajstić information content (AvgIpc) is 2.15. The fourth-order valence-corrected chi connectivity index (χ4v) is 1.02. The molecule has 1 aromatic rings. The molecular weight excluding hydrogens is 180 g/mol. The number of rotatable bonds is 5. The third-order valence-corrected chi connectivity index (χ3v) is 1.62. The molecule has 0 amide bonds. The summed E-state index contributed by atoms with van der Waals surface area (Å²) in [7, 11) is 0. The van der Waals surface area contributed by atoms with Gasteiger partial charge in [-0.25, -0.2) is 0 Å². The first-order chi connectivity index (χ1) is 6.72. The maximum Gasteiger partial charge on any atom is 0.215 e. The van der Waals surface area contributed by atoms with E-state index in [0.29, 0.717) is 24.9 Å². The standard InChI is InChI=1S/C10H16N2O2/c1-3-13-7-8(2)14-10-6-4-5-9(11)12-10/h4-6,8H,3,7H2,1-2H3,(H2,11,12). The number of hydrogen-bond donors (Lipinski definition) is 1. The molecule has 0 aliphatic heterocycles. The molecule has 1 aromatic heterocycles. The van der Waals surface area contributed by atoms with Crippen LogP contribution in [0.25, 0.3) is 0 Å². The van der Waals surface area contributed by atoms with E-state index < -0.39 is 0 Å². The Morgan fingerprint density at radius 1 is 1.50 bits per heavy atom. The number of nitrogens with two attached hydrogens (primary N) is 1. The summed E-state index contributed by atoms with van der Waals surface area (Å²) in [4.78, 5) is 4.02. The topological polar surface area (TPSA) is 57.4 Å². The maximum atomic E-state index is 5.51. The smallest absolute Gasteiger partial charge is 0.215 e. The van der Waals surface area contributed by atoms with E-state index in [9.17, 15) is 0 Å². The number of ether oxygens (including phenoxy) is 2. The van der Waals surface area contributed by atoms with Crippen molar-refractivity contribution in [3.05, 3.63) is 18.2 Å². The molecule has 2 N–H and O–H groups in total. The third kappa shape index (κ3) is 3.62. The number of nitrogens with zero attached hydrogens (tertiary/aromatic N) is 1. The molecule has 1 unspecified atom stereocenters. The minimum Gasteiger partial charge on any atom is -0.472 e. The summed E-state index contributed by atoms with van der Waals surface area (Å²) in [5, 5.41) is 0. The van der Waals surface area contributed by atoms with Crippen molar-refractivity contribution in [3.63, 3.8) is 0 Å². The van der Waals surface area contributed by atoms with Gasteiger partial charge in [-0.2, -0.15) is 4.98 Å². The van der Waals surface area contributed by atoms with Gasteiger partial charge in [0.1, 0.15) is 11.9 Å². The SMILES string of the molecule is CCOCC(C)Oc1cccc(N)n1. The van der Waals surface area contributed by atoms with Crippen molar-refractivity contribution in [3.8, 4) is 5.88 Å². The molecule has 0 saturated carbocycles. The Kier molecular flexibility index (Phi) is 4.19. The first-order valence-corrected chi connectivity index (χ1v) is 4.69. The molecule has 4 nitrogen and oxygen atoms in total. The molecule has 1 rings (SSSR count). The van der Waals surface area contributed by atoms with Crippen LogP contribution < -0.4 is 10.5 Å². The molecule has 0 spiro atoms. The number of hydrogen-bond acceptors (Lipinski definition) is 4. The van der Waals surface area contributed by atoms with Gasteiger partial charge < -0.3 is 15.2 Å². The van der Waals surface area contributed by atoms with E-state index in [2.05, 4.69) is 4.98 Å². The first-order valence-electron chi connectivity index (χ1n) is 4.69. The van der Waals surface area contributed by atoms with Crippen molar-refractivity contribution in [2.75, 3.05) is 18.9 Å². The highest BCUT2D eigenvalue weighted by molar-refractivity contribution is 5.31. The molecule has 1 heterocycles.